The molecule has 12 aromatic carbocycles. The van der Waals surface area contributed by atoms with Crippen molar-refractivity contribution in [3.8, 4) is 0 Å². The summed E-state index contributed by atoms with van der Waals surface area (Å²) in [5, 5.41) is 16.3. The summed E-state index contributed by atoms with van der Waals surface area (Å²) in [5.41, 5.74) is 16.0. The molecule has 7 aromatic heterocycles. The summed E-state index contributed by atoms with van der Waals surface area (Å²) in [6.45, 7) is 59.6. The van der Waals surface area contributed by atoms with Gasteiger partial charge in [0.2, 0.25) is 0 Å². The highest BCUT2D eigenvalue weighted by molar-refractivity contribution is 6.15. The maximum atomic E-state index is 4.92. The first-order valence-electron chi connectivity index (χ1n) is 42.2. The molecule has 0 saturated heterocycles. The van der Waals surface area contributed by atoms with E-state index >= 15 is 0 Å². The van der Waals surface area contributed by atoms with Crippen LogP contribution in [0.1, 0.15) is 205 Å². The third-order valence-electron chi connectivity index (χ3n) is 17.3. The van der Waals surface area contributed by atoms with Gasteiger partial charge in [-0.15, -0.1) is 0 Å². The van der Waals surface area contributed by atoms with Crippen molar-refractivity contribution < 1.29 is 0 Å². The van der Waals surface area contributed by atoms with Gasteiger partial charge in [0.15, 0.2) is 0 Å². The second kappa shape index (κ2) is 41.8. The van der Waals surface area contributed by atoms with Gasteiger partial charge < -0.3 is 0 Å². The summed E-state index contributed by atoms with van der Waals surface area (Å²) in [4.78, 5) is 23.7. The summed E-state index contributed by atoms with van der Waals surface area (Å²) >= 11 is 0. The number of nitrogens with zero attached hydrogens (tertiary/aromatic N) is 8. The summed E-state index contributed by atoms with van der Waals surface area (Å²) in [6.07, 6.45) is 3.76. The Balaban J connectivity index is 0.000000188. The Morgan fingerprint density at radius 2 is 0.509 bits per heavy atom. The van der Waals surface area contributed by atoms with Crippen molar-refractivity contribution in [1.29, 1.82) is 0 Å². The minimum absolute atomic E-state index is 0.0498. The topological polar surface area (TPSA) is 77.7 Å². The van der Waals surface area contributed by atoms with Gasteiger partial charge in [-0.2, -0.15) is 0 Å². The van der Waals surface area contributed by atoms with Crippen LogP contribution in [0.25, 0.3) is 137 Å². The van der Waals surface area contributed by atoms with Crippen molar-refractivity contribution in [3.05, 3.63) is 303 Å². The van der Waals surface area contributed by atoms with Crippen molar-refractivity contribution in [2.24, 2.45) is 16.2 Å². The summed E-state index contributed by atoms with van der Waals surface area (Å²) in [6, 6.07) is 97.2. The van der Waals surface area contributed by atoms with Gasteiger partial charge in [-0.25, -0.2) is 19.9 Å². The molecule has 8 heteroatoms. The van der Waals surface area contributed by atoms with E-state index in [-0.39, 0.29) is 10.8 Å². The molecule has 0 atom stereocenters. The monoisotopic (exact) mass is 1540 g/mol. The Bertz CT molecular complexity index is 6010. The molecule has 0 bridgehead atoms. The lowest BCUT2D eigenvalue weighted by Gasteiger charge is -2.20. The number of para-hydroxylation sites is 9. The lowest BCUT2D eigenvalue weighted by atomic mass is 9.86. The van der Waals surface area contributed by atoms with Crippen LogP contribution in [0.15, 0.2) is 291 Å². The fourth-order valence-electron chi connectivity index (χ4n) is 12.9. The Kier molecular flexibility index (Phi) is 33.1. The van der Waals surface area contributed by atoms with Gasteiger partial charge in [-0.05, 0) is 132 Å². The van der Waals surface area contributed by atoms with E-state index in [9.17, 15) is 0 Å². The first-order chi connectivity index (χ1) is 55.4. The van der Waals surface area contributed by atoms with Crippen LogP contribution in [0, 0.1) is 16.2 Å². The van der Waals surface area contributed by atoms with E-state index < -0.39 is 0 Å². The average Bonchev–Trinajstić information content (AvgIpc) is 1.56. The number of hydrogen-bond donors (Lipinski definition) is 0. The maximum Gasteiger partial charge on any atom is 0.148 e. The Morgan fingerprint density at radius 3 is 0.922 bits per heavy atom. The van der Waals surface area contributed by atoms with Crippen LogP contribution in [0.3, 0.4) is 0 Å². The SMILES string of the molecule is CC.CC.CC.CC.CC.CC(C)(C)C.CC(C)(C)C.CC(C)(C)C.CC(C)(C)c1ccc2ccccc2c1.CC(C)(C)c1nc2ccccc2c2nc3ccccc3n12.c1ccc2c(c1)ccc1ccccc12.c1ccc2c(c1)nc1c3ccccc3c3ccccc3n21.c1ccc2c(c1)nc1c3ccncc3c3ccccc3n21. The number of aromatic nitrogens is 8. The third-order valence-corrected chi connectivity index (χ3v) is 17.3. The normalized spacial score (nSPS) is 11.1. The van der Waals surface area contributed by atoms with E-state index in [1.54, 1.807) is 0 Å². The van der Waals surface area contributed by atoms with Crippen molar-refractivity contribution in [2.75, 3.05) is 0 Å². The smallest absolute Gasteiger partial charge is 0.148 e. The van der Waals surface area contributed by atoms with Crippen LogP contribution in [-0.4, -0.2) is 38.1 Å². The molecule has 604 valence electrons. The van der Waals surface area contributed by atoms with Crippen LogP contribution in [0.2, 0.25) is 0 Å². The molecule has 7 heterocycles. The number of benzene rings is 12. The molecule has 19 aromatic rings. The third kappa shape index (κ3) is 23.7. The molecule has 0 radical (unpaired) electrons. The molecule has 0 N–H and O–H groups in total. The molecule has 0 unspecified atom stereocenters. The molecule has 0 aliphatic carbocycles. The summed E-state index contributed by atoms with van der Waals surface area (Å²) < 4.78 is 6.72. The van der Waals surface area contributed by atoms with E-state index in [2.05, 4.69) is 385 Å². The molecule has 0 saturated carbocycles. The van der Waals surface area contributed by atoms with E-state index in [4.69, 9.17) is 19.9 Å². The van der Waals surface area contributed by atoms with Gasteiger partial charge in [0.05, 0.1) is 49.7 Å². The number of hydrogen-bond acceptors (Lipinski definition) is 5. The van der Waals surface area contributed by atoms with E-state index in [0.29, 0.717) is 16.2 Å². The molecular weight excluding hydrogens is 1410 g/mol. The van der Waals surface area contributed by atoms with Crippen molar-refractivity contribution in [3.63, 3.8) is 0 Å². The standard InChI is InChI=1S/C19H12N2.C18H11N3.C18H17N3.C14H10.C14H16.3C5H12.5C2H6/c1-2-9-15-13(7-1)14-8-3-5-11-17(14)21-18-12-6-4-10-16(18)20-19(15)21;1-3-7-16-12(5-1)14-11-19-10-9-13(14)18-20-15-6-2-4-8-17(15)21(16)18;1-18(2,3)17-20-13-9-5-4-8-12(13)16-19-14-10-6-7-11-15(14)21(16)17;1-3-7-13-11(5-1)9-10-12-6-2-4-8-14(12)13;1-14(2,3)13-9-8-11-6-4-5-7-12(11)10-13;3*1-5(2,3)4;5*1-2/h1-12H;1-11H;4-11H,1-3H3;1-10H;4-10H,1-3H3;3*1-4H3;5*1-2H3. The van der Waals surface area contributed by atoms with E-state index in [1.165, 1.54) is 70.5 Å². The average molecular weight is 1540 g/mol. The summed E-state index contributed by atoms with van der Waals surface area (Å²) in [5.74, 6) is 1.05. The highest BCUT2D eigenvalue weighted by Gasteiger charge is 2.24. The minimum atomic E-state index is -0.0498. The van der Waals surface area contributed by atoms with Crippen molar-refractivity contribution in [2.45, 2.75) is 205 Å². The second-order valence-electron chi connectivity index (χ2n) is 34.3. The lowest BCUT2D eigenvalue weighted by Crippen LogP contribution is -2.18. The van der Waals surface area contributed by atoms with Crippen LogP contribution in [0.5, 0.6) is 0 Å². The Hall–Kier alpha value is -11.4. The minimum Gasteiger partial charge on any atom is -0.292 e. The molecular formula is C108H132N8. The van der Waals surface area contributed by atoms with E-state index in [1.807, 2.05) is 118 Å². The number of imidazole rings is 3. The van der Waals surface area contributed by atoms with Crippen LogP contribution in [-0.2, 0) is 10.8 Å². The molecule has 116 heavy (non-hydrogen) atoms. The fraction of sp³-hybridized carbons (Fsp3) is 0.306. The molecule has 0 aliphatic heterocycles. The van der Waals surface area contributed by atoms with Gasteiger partial charge in [-0.1, -0.05) is 406 Å². The largest absolute Gasteiger partial charge is 0.292 e. The zero-order valence-corrected chi connectivity index (χ0v) is 75.3. The van der Waals surface area contributed by atoms with Gasteiger partial charge in [0.25, 0.3) is 0 Å². The van der Waals surface area contributed by atoms with Gasteiger partial charge >= 0.3 is 0 Å². The first-order valence-corrected chi connectivity index (χ1v) is 42.2. The first kappa shape index (κ1) is 91.8. The molecule has 0 spiro atoms. The second-order valence-corrected chi connectivity index (χ2v) is 34.3. The summed E-state index contributed by atoms with van der Waals surface area (Å²) in [7, 11) is 0. The quantitative estimate of drug-likeness (QED) is 0.141. The predicted molar refractivity (Wildman–Crippen MR) is 516 cm³/mol. The van der Waals surface area contributed by atoms with Gasteiger partial charge in [-0.3, -0.25) is 18.2 Å². The van der Waals surface area contributed by atoms with E-state index in [0.717, 1.165) is 77.5 Å². The number of fused-ring (bicyclic) bond motifs is 25. The van der Waals surface area contributed by atoms with Crippen LogP contribution >= 0.6 is 0 Å². The van der Waals surface area contributed by atoms with Crippen molar-refractivity contribution in [1.82, 2.24) is 38.1 Å². The predicted octanol–water partition coefficient (Wildman–Crippen LogP) is 32.7. The molecule has 0 amide bonds. The van der Waals surface area contributed by atoms with Crippen molar-refractivity contribution >= 4 is 137 Å². The maximum absolute atomic E-state index is 4.92. The van der Waals surface area contributed by atoms with Gasteiger partial charge in [0, 0.05) is 50.1 Å². The molecule has 0 fully saturated rings. The Labute approximate surface area is 694 Å². The lowest BCUT2D eigenvalue weighted by molar-refractivity contribution is 0.469. The molecule has 19 rings (SSSR count). The number of pyridine rings is 3. The van der Waals surface area contributed by atoms with Crippen LogP contribution < -0.4 is 0 Å². The molecule has 8 nitrogen and oxygen atoms in total. The fourth-order valence-corrected chi connectivity index (χ4v) is 12.9. The zero-order valence-electron chi connectivity index (χ0n) is 75.3. The van der Waals surface area contributed by atoms with Crippen LogP contribution in [0.4, 0.5) is 0 Å². The van der Waals surface area contributed by atoms with Gasteiger partial charge in [0.1, 0.15) is 22.8 Å². The highest BCUT2D eigenvalue weighted by Crippen LogP contribution is 2.36. The highest BCUT2D eigenvalue weighted by atomic mass is 15.1. The zero-order chi connectivity index (χ0) is 85.3. The Morgan fingerprint density at radius 1 is 0.216 bits per heavy atom. The molecule has 0 aliphatic rings. The number of rotatable bonds is 0.